The smallest absolute Gasteiger partial charge is 0.231 e. The summed E-state index contributed by atoms with van der Waals surface area (Å²) in [6, 6.07) is 14.5. The Labute approximate surface area is 173 Å². The van der Waals surface area contributed by atoms with Crippen molar-refractivity contribution in [3.63, 3.8) is 0 Å². The van der Waals surface area contributed by atoms with Gasteiger partial charge in [-0.25, -0.2) is 0 Å². The van der Waals surface area contributed by atoms with Crippen LogP contribution in [-0.4, -0.2) is 25.8 Å². The maximum Gasteiger partial charge on any atom is 0.231 e. The van der Waals surface area contributed by atoms with E-state index in [4.69, 9.17) is 9.47 Å². The molecule has 1 saturated heterocycles. The van der Waals surface area contributed by atoms with E-state index in [9.17, 15) is 4.79 Å². The summed E-state index contributed by atoms with van der Waals surface area (Å²) in [4.78, 5) is 14.9. The molecule has 2 aromatic rings. The molecule has 1 N–H and O–H groups in total. The number of carbonyl (C=O) groups is 1. The zero-order valence-corrected chi connectivity index (χ0v) is 17.3. The Morgan fingerprint density at radius 1 is 1.17 bits per heavy atom. The lowest BCUT2D eigenvalue weighted by Crippen LogP contribution is -2.34. The van der Waals surface area contributed by atoms with E-state index < -0.39 is 0 Å². The molecule has 2 heterocycles. The van der Waals surface area contributed by atoms with Crippen LogP contribution >= 0.6 is 0 Å². The fourth-order valence-electron chi connectivity index (χ4n) is 4.15. The SMILES string of the molecule is C[C@H]1CCCN(c2ccc([C@@H](C)NC(=O)CCc3ccc4c(c3)OCO4)cc2)C1. The van der Waals surface area contributed by atoms with Gasteiger partial charge in [-0.2, -0.15) is 0 Å². The van der Waals surface area contributed by atoms with Crippen molar-refractivity contribution in [3.8, 4) is 11.5 Å². The number of ether oxygens (including phenoxy) is 2. The Morgan fingerprint density at radius 2 is 1.97 bits per heavy atom. The summed E-state index contributed by atoms with van der Waals surface area (Å²) in [5.74, 6) is 2.35. The molecule has 0 saturated carbocycles. The fraction of sp³-hybridized carbons (Fsp3) is 0.458. The number of nitrogens with one attached hydrogen (secondary N) is 1. The zero-order valence-electron chi connectivity index (χ0n) is 17.3. The van der Waals surface area contributed by atoms with E-state index in [1.54, 1.807) is 0 Å². The summed E-state index contributed by atoms with van der Waals surface area (Å²) in [7, 11) is 0. The maximum atomic E-state index is 12.4. The van der Waals surface area contributed by atoms with Crippen LogP contribution in [0.2, 0.25) is 0 Å². The van der Waals surface area contributed by atoms with Gasteiger partial charge in [-0.15, -0.1) is 0 Å². The van der Waals surface area contributed by atoms with Crippen LogP contribution < -0.4 is 19.7 Å². The molecule has 2 aromatic carbocycles. The third-order valence-electron chi connectivity index (χ3n) is 5.87. The van der Waals surface area contributed by atoms with Crippen LogP contribution in [0, 0.1) is 5.92 Å². The number of rotatable bonds is 6. The largest absolute Gasteiger partial charge is 0.454 e. The van der Waals surface area contributed by atoms with Gasteiger partial charge in [-0.3, -0.25) is 4.79 Å². The van der Waals surface area contributed by atoms with Crippen molar-refractivity contribution in [2.24, 2.45) is 5.92 Å². The van der Waals surface area contributed by atoms with Crippen molar-refractivity contribution >= 4 is 11.6 Å². The van der Waals surface area contributed by atoms with Crippen molar-refractivity contribution in [1.29, 1.82) is 0 Å². The first-order chi connectivity index (χ1) is 14.1. The van der Waals surface area contributed by atoms with Crippen LogP contribution in [0.15, 0.2) is 42.5 Å². The van der Waals surface area contributed by atoms with Crippen LogP contribution in [0.3, 0.4) is 0 Å². The highest BCUT2D eigenvalue weighted by atomic mass is 16.7. The van der Waals surface area contributed by atoms with E-state index in [2.05, 4.69) is 41.4 Å². The standard InChI is InChI=1S/C24H30N2O3/c1-17-4-3-13-26(15-17)21-9-7-20(8-10-21)18(2)25-24(27)12-6-19-5-11-22-23(14-19)29-16-28-22/h5,7-11,14,17-18H,3-4,6,12-13,15-16H2,1-2H3,(H,25,27)/t17-,18+/m0/s1. The summed E-state index contributed by atoms with van der Waals surface area (Å²) < 4.78 is 10.7. The van der Waals surface area contributed by atoms with Crippen molar-refractivity contribution in [3.05, 3.63) is 53.6 Å². The highest BCUT2D eigenvalue weighted by Gasteiger charge is 2.17. The van der Waals surface area contributed by atoms with Gasteiger partial charge in [-0.05, 0) is 67.5 Å². The molecule has 154 valence electrons. The topological polar surface area (TPSA) is 50.8 Å². The van der Waals surface area contributed by atoms with Crippen LogP contribution in [0.4, 0.5) is 5.69 Å². The summed E-state index contributed by atoms with van der Waals surface area (Å²) in [5, 5.41) is 3.12. The molecule has 0 spiro atoms. The molecule has 1 amide bonds. The first-order valence-corrected chi connectivity index (χ1v) is 10.6. The van der Waals surface area contributed by atoms with Gasteiger partial charge in [0.2, 0.25) is 12.7 Å². The summed E-state index contributed by atoms with van der Waals surface area (Å²) in [6.07, 6.45) is 3.72. The molecule has 0 unspecified atom stereocenters. The number of anilines is 1. The molecule has 1 fully saturated rings. The molecule has 5 heteroatoms. The summed E-state index contributed by atoms with van der Waals surface area (Å²) in [5.41, 5.74) is 3.49. The van der Waals surface area contributed by atoms with Crippen molar-refractivity contribution in [2.45, 2.75) is 45.6 Å². The van der Waals surface area contributed by atoms with Gasteiger partial charge in [-0.1, -0.05) is 25.1 Å². The lowest BCUT2D eigenvalue weighted by Gasteiger charge is -2.33. The minimum Gasteiger partial charge on any atom is -0.454 e. The Hall–Kier alpha value is -2.69. The molecule has 2 aliphatic heterocycles. The number of hydrogen-bond acceptors (Lipinski definition) is 4. The Bertz CT molecular complexity index is 850. The average molecular weight is 395 g/mol. The molecular formula is C24H30N2O3. The number of piperidine rings is 1. The number of hydrogen-bond donors (Lipinski definition) is 1. The monoisotopic (exact) mass is 394 g/mol. The van der Waals surface area contributed by atoms with Crippen LogP contribution in [0.25, 0.3) is 0 Å². The lowest BCUT2D eigenvalue weighted by atomic mass is 9.99. The van der Waals surface area contributed by atoms with Gasteiger partial charge in [0.15, 0.2) is 11.5 Å². The van der Waals surface area contributed by atoms with Crippen molar-refractivity contribution < 1.29 is 14.3 Å². The van der Waals surface area contributed by atoms with Gasteiger partial charge in [0.25, 0.3) is 0 Å². The minimum absolute atomic E-state index is 0.00594. The van der Waals surface area contributed by atoms with Crippen molar-refractivity contribution in [1.82, 2.24) is 5.32 Å². The van der Waals surface area contributed by atoms with Crippen LogP contribution in [-0.2, 0) is 11.2 Å². The van der Waals surface area contributed by atoms with E-state index in [0.29, 0.717) is 12.8 Å². The second-order valence-electron chi connectivity index (χ2n) is 8.26. The second-order valence-corrected chi connectivity index (χ2v) is 8.26. The first-order valence-electron chi connectivity index (χ1n) is 10.6. The minimum atomic E-state index is -0.00594. The number of benzene rings is 2. The molecular weight excluding hydrogens is 364 g/mol. The Kier molecular flexibility index (Phi) is 5.93. The number of aryl methyl sites for hydroxylation is 1. The van der Waals surface area contributed by atoms with E-state index in [1.807, 2.05) is 25.1 Å². The van der Waals surface area contributed by atoms with Crippen LogP contribution in [0.1, 0.15) is 50.3 Å². The lowest BCUT2D eigenvalue weighted by molar-refractivity contribution is -0.121. The average Bonchev–Trinajstić information content (AvgIpc) is 3.20. The summed E-state index contributed by atoms with van der Waals surface area (Å²) in [6.45, 7) is 6.89. The number of nitrogens with zero attached hydrogens (tertiary/aromatic N) is 1. The van der Waals surface area contributed by atoms with Gasteiger partial charge in [0, 0.05) is 25.2 Å². The predicted molar refractivity (Wildman–Crippen MR) is 114 cm³/mol. The number of carbonyl (C=O) groups excluding carboxylic acids is 1. The molecule has 2 atom stereocenters. The molecule has 0 bridgehead atoms. The van der Waals surface area contributed by atoms with E-state index >= 15 is 0 Å². The highest BCUT2D eigenvalue weighted by molar-refractivity contribution is 5.76. The number of fused-ring (bicyclic) bond motifs is 1. The normalized spacial score (nSPS) is 19.1. The second kappa shape index (κ2) is 8.76. The van der Waals surface area contributed by atoms with Gasteiger partial charge in [0.1, 0.15) is 0 Å². The first kappa shape index (κ1) is 19.6. The Morgan fingerprint density at radius 3 is 2.76 bits per heavy atom. The predicted octanol–water partition coefficient (Wildman–Crippen LogP) is 4.46. The quantitative estimate of drug-likeness (QED) is 0.786. The van der Waals surface area contributed by atoms with Crippen molar-refractivity contribution in [2.75, 3.05) is 24.8 Å². The van der Waals surface area contributed by atoms with Gasteiger partial charge in [0.05, 0.1) is 6.04 Å². The maximum absolute atomic E-state index is 12.4. The molecule has 5 nitrogen and oxygen atoms in total. The highest BCUT2D eigenvalue weighted by Crippen LogP contribution is 2.32. The van der Waals surface area contributed by atoms with E-state index in [1.165, 1.54) is 18.5 Å². The zero-order chi connectivity index (χ0) is 20.2. The summed E-state index contributed by atoms with van der Waals surface area (Å²) >= 11 is 0. The molecule has 4 rings (SSSR count). The molecule has 0 radical (unpaired) electrons. The van der Waals surface area contributed by atoms with Gasteiger partial charge < -0.3 is 19.7 Å². The molecule has 0 aliphatic carbocycles. The van der Waals surface area contributed by atoms with E-state index in [0.717, 1.165) is 41.6 Å². The molecule has 29 heavy (non-hydrogen) atoms. The Balaban J connectivity index is 1.28. The fourth-order valence-corrected chi connectivity index (χ4v) is 4.15. The number of amides is 1. The molecule has 0 aromatic heterocycles. The third-order valence-corrected chi connectivity index (χ3v) is 5.87. The third kappa shape index (κ3) is 4.84. The molecule has 2 aliphatic rings. The van der Waals surface area contributed by atoms with Gasteiger partial charge >= 0.3 is 0 Å². The van der Waals surface area contributed by atoms with Crippen LogP contribution in [0.5, 0.6) is 11.5 Å². The van der Waals surface area contributed by atoms with E-state index in [-0.39, 0.29) is 18.7 Å².